The van der Waals surface area contributed by atoms with E-state index in [-0.39, 0.29) is 12.5 Å². The maximum absolute atomic E-state index is 12.4. The molecule has 150 valence electrons. The molecule has 0 aliphatic rings. The number of thiazole rings is 1. The predicted octanol–water partition coefficient (Wildman–Crippen LogP) is 4.03. The number of aromatic nitrogens is 3. The van der Waals surface area contributed by atoms with E-state index in [4.69, 9.17) is 27.9 Å². The molecule has 0 aliphatic heterocycles. The lowest BCUT2D eigenvalue weighted by atomic mass is 10.2. The topological polar surface area (TPSA) is 85.3 Å². The van der Waals surface area contributed by atoms with Gasteiger partial charge >= 0.3 is 5.97 Å². The summed E-state index contributed by atoms with van der Waals surface area (Å²) in [5.74, 6) is -0.534. The lowest BCUT2D eigenvalue weighted by Crippen LogP contribution is -2.30. The van der Waals surface area contributed by atoms with Crippen molar-refractivity contribution >= 4 is 46.4 Å². The van der Waals surface area contributed by atoms with E-state index in [1.165, 1.54) is 4.90 Å². The molecule has 2 heterocycles. The molecule has 0 radical (unpaired) electrons. The molecule has 7 nitrogen and oxygen atoms in total. The van der Waals surface area contributed by atoms with E-state index in [9.17, 15) is 9.59 Å². The van der Waals surface area contributed by atoms with Gasteiger partial charge in [0.05, 0.1) is 15.7 Å². The van der Waals surface area contributed by atoms with Gasteiger partial charge in [0.1, 0.15) is 4.88 Å². The predicted molar refractivity (Wildman–Crippen MR) is 111 cm³/mol. The second-order valence-corrected chi connectivity index (χ2v) is 7.89. The summed E-state index contributed by atoms with van der Waals surface area (Å²) < 4.78 is 5.17. The van der Waals surface area contributed by atoms with Gasteiger partial charge in [-0.05, 0) is 30.7 Å². The van der Waals surface area contributed by atoms with Crippen molar-refractivity contribution in [2.24, 2.45) is 0 Å². The number of carbonyl (C=O) groups excluding carboxylic acids is 2. The average Bonchev–Trinajstić information content (AvgIpc) is 3.11. The summed E-state index contributed by atoms with van der Waals surface area (Å²) in [6.07, 6.45) is 3.19. The van der Waals surface area contributed by atoms with Crippen LogP contribution >= 0.6 is 34.5 Å². The highest BCUT2D eigenvalue weighted by molar-refractivity contribution is 7.16. The minimum absolute atomic E-state index is 0.308. The van der Waals surface area contributed by atoms with Gasteiger partial charge in [0, 0.05) is 26.0 Å². The molecule has 1 amide bonds. The molecule has 3 rings (SSSR count). The molecule has 2 aromatic heterocycles. The first-order valence-corrected chi connectivity index (χ1v) is 10.0. The van der Waals surface area contributed by atoms with E-state index < -0.39 is 5.97 Å². The van der Waals surface area contributed by atoms with Gasteiger partial charge in [0.2, 0.25) is 0 Å². The average molecular weight is 451 g/mol. The van der Waals surface area contributed by atoms with E-state index in [1.807, 2.05) is 0 Å². The molecule has 1 aromatic carbocycles. The lowest BCUT2D eigenvalue weighted by molar-refractivity contribution is -0.133. The van der Waals surface area contributed by atoms with E-state index in [0.717, 1.165) is 16.9 Å². The smallest absolute Gasteiger partial charge is 0.350 e. The normalized spacial score (nSPS) is 10.6. The van der Waals surface area contributed by atoms with Crippen molar-refractivity contribution in [2.45, 2.75) is 13.5 Å². The maximum Gasteiger partial charge on any atom is 0.350 e. The van der Waals surface area contributed by atoms with E-state index in [2.05, 4.69) is 15.0 Å². The van der Waals surface area contributed by atoms with Crippen LogP contribution < -0.4 is 0 Å². The molecule has 0 atom stereocenters. The number of hydrogen-bond acceptors (Lipinski definition) is 7. The third kappa shape index (κ3) is 5.29. The van der Waals surface area contributed by atoms with Crippen molar-refractivity contribution in [3.05, 3.63) is 62.8 Å². The number of halogens is 2. The third-order valence-electron chi connectivity index (χ3n) is 3.90. The molecule has 0 fully saturated rings. The summed E-state index contributed by atoms with van der Waals surface area (Å²) in [6.45, 7) is 1.62. The van der Waals surface area contributed by atoms with Crippen LogP contribution in [0.5, 0.6) is 0 Å². The number of esters is 1. The summed E-state index contributed by atoms with van der Waals surface area (Å²) in [7, 11) is 1.61. The first-order chi connectivity index (χ1) is 13.8. The van der Waals surface area contributed by atoms with Crippen molar-refractivity contribution in [3.63, 3.8) is 0 Å². The summed E-state index contributed by atoms with van der Waals surface area (Å²) in [5, 5.41) is 1.37. The molecular formula is C19H16Cl2N4O3S. The molecule has 0 aliphatic carbocycles. The Morgan fingerprint density at radius 3 is 2.59 bits per heavy atom. The molecule has 3 aromatic rings. The van der Waals surface area contributed by atoms with Gasteiger partial charge in [-0.15, -0.1) is 11.3 Å². The quantitative estimate of drug-likeness (QED) is 0.526. The fraction of sp³-hybridized carbons (Fsp3) is 0.211. The highest BCUT2D eigenvalue weighted by atomic mass is 35.5. The summed E-state index contributed by atoms with van der Waals surface area (Å²) in [4.78, 5) is 39.0. The van der Waals surface area contributed by atoms with Crippen molar-refractivity contribution in [3.8, 4) is 10.8 Å². The van der Waals surface area contributed by atoms with Crippen LogP contribution in [0.4, 0.5) is 0 Å². The summed E-state index contributed by atoms with van der Waals surface area (Å²) >= 11 is 13.0. The second kappa shape index (κ2) is 9.30. The van der Waals surface area contributed by atoms with Gasteiger partial charge in [-0.1, -0.05) is 29.3 Å². The van der Waals surface area contributed by atoms with Crippen LogP contribution in [0.25, 0.3) is 10.8 Å². The van der Waals surface area contributed by atoms with Gasteiger partial charge in [0.15, 0.2) is 17.4 Å². The van der Waals surface area contributed by atoms with Crippen molar-refractivity contribution in [2.75, 3.05) is 13.7 Å². The fourth-order valence-electron chi connectivity index (χ4n) is 2.39. The number of carbonyl (C=O) groups is 2. The number of rotatable bonds is 6. The SMILES string of the molecule is Cc1nc(-c2ncccn2)sc1C(=O)OCC(=O)N(C)Cc1ccc(Cl)c(Cl)c1. The van der Waals surface area contributed by atoms with Gasteiger partial charge < -0.3 is 9.64 Å². The zero-order chi connectivity index (χ0) is 21.0. The molecule has 10 heteroatoms. The molecule has 0 spiro atoms. The number of benzene rings is 1. The minimum atomic E-state index is -0.613. The Labute approximate surface area is 181 Å². The van der Waals surface area contributed by atoms with Gasteiger partial charge in [-0.25, -0.2) is 19.7 Å². The van der Waals surface area contributed by atoms with Crippen LogP contribution in [0.1, 0.15) is 20.9 Å². The largest absolute Gasteiger partial charge is 0.451 e. The van der Waals surface area contributed by atoms with Gasteiger partial charge in [0.25, 0.3) is 5.91 Å². The molecule has 0 unspecified atom stereocenters. The Kier molecular flexibility index (Phi) is 6.79. The van der Waals surface area contributed by atoms with Crippen LogP contribution in [0.15, 0.2) is 36.7 Å². The number of likely N-dealkylation sites (N-methyl/N-ethyl adjacent to an activating group) is 1. The van der Waals surface area contributed by atoms with Crippen molar-refractivity contribution in [1.29, 1.82) is 0 Å². The number of nitrogens with zero attached hydrogens (tertiary/aromatic N) is 4. The number of ether oxygens (including phenoxy) is 1. The zero-order valence-electron chi connectivity index (χ0n) is 15.6. The number of aryl methyl sites for hydroxylation is 1. The van der Waals surface area contributed by atoms with Crippen LogP contribution in [-0.2, 0) is 16.1 Å². The second-order valence-electron chi connectivity index (χ2n) is 6.08. The third-order valence-corrected chi connectivity index (χ3v) is 5.77. The monoisotopic (exact) mass is 450 g/mol. The minimum Gasteiger partial charge on any atom is -0.451 e. The Balaban J connectivity index is 1.59. The highest BCUT2D eigenvalue weighted by Crippen LogP contribution is 2.26. The Morgan fingerprint density at radius 2 is 1.90 bits per heavy atom. The lowest BCUT2D eigenvalue weighted by Gasteiger charge is -2.17. The molecule has 29 heavy (non-hydrogen) atoms. The highest BCUT2D eigenvalue weighted by Gasteiger charge is 2.20. The number of amides is 1. The first kappa shape index (κ1) is 21.2. The number of hydrogen-bond donors (Lipinski definition) is 0. The van der Waals surface area contributed by atoms with E-state index >= 15 is 0 Å². The van der Waals surface area contributed by atoms with Gasteiger partial charge in [-0.2, -0.15) is 0 Å². The standard InChI is InChI=1S/C19H16Cl2N4O3S/c1-11-16(29-18(24-11)17-22-6-3-7-23-17)19(27)28-10-15(26)25(2)9-12-4-5-13(20)14(21)8-12/h3-8H,9-10H2,1-2H3. The van der Waals surface area contributed by atoms with Crippen LogP contribution in [0.2, 0.25) is 10.0 Å². The van der Waals surface area contributed by atoms with Crippen molar-refractivity contribution in [1.82, 2.24) is 19.9 Å². The van der Waals surface area contributed by atoms with Crippen LogP contribution in [-0.4, -0.2) is 45.4 Å². The fourth-order valence-corrected chi connectivity index (χ4v) is 3.62. The van der Waals surface area contributed by atoms with E-state index in [0.29, 0.717) is 38.0 Å². The van der Waals surface area contributed by atoms with E-state index in [1.54, 1.807) is 50.6 Å². The molecule has 0 saturated heterocycles. The van der Waals surface area contributed by atoms with Crippen molar-refractivity contribution < 1.29 is 14.3 Å². The maximum atomic E-state index is 12.4. The molecule has 0 N–H and O–H groups in total. The summed E-state index contributed by atoms with van der Waals surface area (Å²) in [5.41, 5.74) is 1.31. The Hall–Kier alpha value is -2.55. The summed E-state index contributed by atoms with van der Waals surface area (Å²) in [6, 6.07) is 6.82. The molecule has 0 bridgehead atoms. The zero-order valence-corrected chi connectivity index (χ0v) is 17.9. The first-order valence-electron chi connectivity index (χ1n) is 8.45. The Morgan fingerprint density at radius 1 is 1.17 bits per heavy atom. The molecule has 0 saturated carbocycles. The Bertz CT molecular complexity index is 1040. The van der Waals surface area contributed by atoms with Gasteiger partial charge in [-0.3, -0.25) is 4.79 Å². The van der Waals surface area contributed by atoms with Crippen LogP contribution in [0, 0.1) is 6.92 Å². The molecular weight excluding hydrogens is 435 g/mol. The van der Waals surface area contributed by atoms with Crippen LogP contribution in [0.3, 0.4) is 0 Å².